The van der Waals surface area contributed by atoms with Crippen molar-refractivity contribution < 1.29 is 5.11 Å². The number of hydrogen-bond donors (Lipinski definition) is 1. The molecule has 0 heterocycles. The van der Waals surface area contributed by atoms with Crippen LogP contribution >= 0.6 is 0 Å². The van der Waals surface area contributed by atoms with Crippen LogP contribution in [0.25, 0.3) is 33.9 Å². The van der Waals surface area contributed by atoms with Crippen LogP contribution in [0.5, 0.6) is 0 Å². The van der Waals surface area contributed by atoms with Gasteiger partial charge in [-0.2, -0.15) is 0 Å². The molecule has 0 amide bonds. The summed E-state index contributed by atoms with van der Waals surface area (Å²) in [6.45, 7) is 0. The van der Waals surface area contributed by atoms with Crippen LogP contribution in [0.2, 0.25) is 0 Å². The van der Waals surface area contributed by atoms with E-state index in [-0.39, 0.29) is 0 Å². The van der Waals surface area contributed by atoms with Crippen LogP contribution in [0.4, 0.5) is 0 Å². The molecule has 1 nitrogen and oxygen atoms in total. The molecule has 0 radical (unpaired) electrons. The Morgan fingerprint density at radius 2 is 1.43 bits per heavy atom. The maximum absolute atomic E-state index is 10.4. The highest BCUT2D eigenvalue weighted by Crippen LogP contribution is 2.31. The first kappa shape index (κ1) is 16.6. The van der Waals surface area contributed by atoms with Crippen molar-refractivity contribution in [2.75, 3.05) is 0 Å². The Morgan fingerprint density at radius 1 is 0.679 bits per heavy atom. The molecular weight excluding hydrogens is 340 g/mol. The molecule has 0 saturated heterocycles. The van der Waals surface area contributed by atoms with E-state index in [4.69, 9.17) is 0 Å². The van der Waals surface area contributed by atoms with Gasteiger partial charge in [-0.25, -0.2) is 0 Å². The van der Waals surface area contributed by atoms with Gasteiger partial charge in [-0.1, -0.05) is 91.0 Å². The maximum atomic E-state index is 10.4. The van der Waals surface area contributed by atoms with E-state index in [1.54, 1.807) is 0 Å². The standard InChI is InChI=1S/C27H20O/c28-27-17-15-21-18-20(14-16-24(21)25-12-6-7-13-26(25)27)23-11-5-4-10-22(23)19-8-2-1-3-9-19/h1-11,13-18,28H,12H2. The molecule has 3 aromatic carbocycles. The zero-order chi connectivity index (χ0) is 18.9. The molecule has 0 aromatic heterocycles. The smallest absolute Gasteiger partial charge is 0.123 e. The Kier molecular flexibility index (Phi) is 4.06. The van der Waals surface area contributed by atoms with Gasteiger partial charge in [-0.15, -0.1) is 0 Å². The van der Waals surface area contributed by atoms with Crippen molar-refractivity contribution in [3.63, 3.8) is 0 Å². The SMILES string of the molecule is OC1=CC=c2cc(-c3ccccc3-c3ccccc3)ccc2=C2CC=CC=C12. The lowest BCUT2D eigenvalue weighted by Crippen LogP contribution is -2.27. The number of fused-ring (bicyclic) bond motifs is 2. The molecule has 3 aromatic rings. The van der Waals surface area contributed by atoms with Crippen LogP contribution in [0.3, 0.4) is 0 Å². The molecule has 0 unspecified atom stereocenters. The van der Waals surface area contributed by atoms with Crippen LogP contribution in [0, 0.1) is 0 Å². The summed E-state index contributed by atoms with van der Waals surface area (Å²) < 4.78 is 0. The summed E-state index contributed by atoms with van der Waals surface area (Å²) in [6.07, 6.45) is 10.8. The molecular formula is C27H20O. The van der Waals surface area contributed by atoms with Crippen molar-refractivity contribution in [3.8, 4) is 22.3 Å². The van der Waals surface area contributed by atoms with E-state index >= 15 is 0 Å². The topological polar surface area (TPSA) is 20.2 Å². The van der Waals surface area contributed by atoms with Gasteiger partial charge in [0.1, 0.15) is 5.76 Å². The minimum Gasteiger partial charge on any atom is -0.507 e. The van der Waals surface area contributed by atoms with E-state index in [0.717, 1.165) is 17.2 Å². The largest absolute Gasteiger partial charge is 0.507 e. The third-order valence-corrected chi connectivity index (χ3v) is 5.44. The average molecular weight is 360 g/mol. The highest BCUT2D eigenvalue weighted by atomic mass is 16.3. The summed E-state index contributed by atoms with van der Waals surface area (Å²) in [4.78, 5) is 0. The van der Waals surface area contributed by atoms with Crippen LogP contribution in [0.15, 0.2) is 108 Å². The molecule has 1 N–H and O–H groups in total. The lowest BCUT2D eigenvalue weighted by Gasteiger charge is -2.13. The molecule has 0 saturated carbocycles. The number of aliphatic hydroxyl groups is 1. The summed E-state index contributed by atoms with van der Waals surface area (Å²) >= 11 is 0. The summed E-state index contributed by atoms with van der Waals surface area (Å²) in [6, 6.07) is 25.6. The normalized spacial score (nSPS) is 14.9. The number of hydrogen-bond acceptors (Lipinski definition) is 1. The Balaban J connectivity index is 1.73. The quantitative estimate of drug-likeness (QED) is 0.658. The Labute approximate surface area is 164 Å². The molecule has 0 bridgehead atoms. The molecule has 0 aliphatic heterocycles. The number of aliphatic hydroxyl groups excluding tert-OH is 1. The van der Waals surface area contributed by atoms with Crippen LogP contribution in [-0.4, -0.2) is 5.11 Å². The average Bonchev–Trinajstić information content (AvgIpc) is 2.91. The van der Waals surface area contributed by atoms with Gasteiger partial charge in [0.15, 0.2) is 0 Å². The minimum atomic E-state index is 0.335. The molecule has 2 aliphatic rings. The van der Waals surface area contributed by atoms with Gasteiger partial charge < -0.3 is 5.11 Å². The Hall–Kier alpha value is -3.58. The molecule has 5 rings (SSSR count). The maximum Gasteiger partial charge on any atom is 0.123 e. The van der Waals surface area contributed by atoms with E-state index < -0.39 is 0 Å². The van der Waals surface area contributed by atoms with Crippen molar-refractivity contribution in [1.29, 1.82) is 0 Å². The predicted molar refractivity (Wildman–Crippen MR) is 117 cm³/mol. The minimum absolute atomic E-state index is 0.335. The summed E-state index contributed by atoms with van der Waals surface area (Å²) in [7, 11) is 0. The van der Waals surface area contributed by atoms with Gasteiger partial charge >= 0.3 is 0 Å². The van der Waals surface area contributed by atoms with Crippen molar-refractivity contribution in [1.82, 2.24) is 0 Å². The molecule has 0 atom stereocenters. The van der Waals surface area contributed by atoms with Crippen molar-refractivity contribution >= 4 is 11.6 Å². The fourth-order valence-corrected chi connectivity index (χ4v) is 4.06. The van der Waals surface area contributed by atoms with Crippen molar-refractivity contribution in [2.45, 2.75) is 6.42 Å². The summed E-state index contributed by atoms with van der Waals surface area (Å²) in [5.74, 6) is 0.335. The van der Waals surface area contributed by atoms with E-state index in [9.17, 15) is 5.11 Å². The Bertz CT molecular complexity index is 1270. The van der Waals surface area contributed by atoms with Crippen molar-refractivity contribution in [3.05, 3.63) is 119 Å². The number of rotatable bonds is 2. The van der Waals surface area contributed by atoms with Gasteiger partial charge in [-0.05, 0) is 56.8 Å². The zero-order valence-electron chi connectivity index (χ0n) is 15.5. The summed E-state index contributed by atoms with van der Waals surface area (Å²) in [5.41, 5.74) is 6.95. The fourth-order valence-electron chi connectivity index (χ4n) is 4.06. The second-order valence-electron chi connectivity index (χ2n) is 7.12. The van der Waals surface area contributed by atoms with Gasteiger partial charge in [0.25, 0.3) is 0 Å². The molecule has 2 aliphatic carbocycles. The van der Waals surface area contributed by atoms with Gasteiger partial charge in [-0.3, -0.25) is 0 Å². The lowest BCUT2D eigenvalue weighted by molar-refractivity contribution is 0.427. The number of allylic oxidation sites excluding steroid dienone is 5. The second kappa shape index (κ2) is 6.86. The monoisotopic (exact) mass is 360 g/mol. The fraction of sp³-hybridized carbons (Fsp3) is 0.0370. The summed E-state index contributed by atoms with van der Waals surface area (Å²) in [5, 5.41) is 12.8. The van der Waals surface area contributed by atoms with Crippen LogP contribution in [0.1, 0.15) is 6.42 Å². The molecule has 134 valence electrons. The first-order valence-corrected chi connectivity index (χ1v) is 9.58. The van der Waals surface area contributed by atoms with Crippen LogP contribution < -0.4 is 10.4 Å². The van der Waals surface area contributed by atoms with Gasteiger partial charge in [0.05, 0.1) is 0 Å². The van der Waals surface area contributed by atoms with E-state index in [2.05, 4.69) is 72.8 Å². The van der Waals surface area contributed by atoms with E-state index in [1.807, 2.05) is 30.4 Å². The third-order valence-electron chi connectivity index (χ3n) is 5.44. The van der Waals surface area contributed by atoms with E-state index in [1.165, 1.54) is 33.0 Å². The molecule has 0 fully saturated rings. The second-order valence-corrected chi connectivity index (χ2v) is 7.12. The van der Waals surface area contributed by atoms with Gasteiger partial charge in [0.2, 0.25) is 0 Å². The first-order chi connectivity index (χ1) is 13.8. The van der Waals surface area contributed by atoms with Crippen molar-refractivity contribution in [2.24, 2.45) is 0 Å². The highest BCUT2D eigenvalue weighted by molar-refractivity contribution is 5.84. The zero-order valence-corrected chi connectivity index (χ0v) is 15.5. The molecule has 28 heavy (non-hydrogen) atoms. The number of benzene rings is 3. The lowest BCUT2D eigenvalue weighted by atomic mass is 9.92. The Morgan fingerprint density at radius 3 is 2.25 bits per heavy atom. The molecule has 0 spiro atoms. The third kappa shape index (κ3) is 2.82. The van der Waals surface area contributed by atoms with Gasteiger partial charge in [0, 0.05) is 5.57 Å². The molecule has 1 heteroatoms. The van der Waals surface area contributed by atoms with Crippen LogP contribution in [-0.2, 0) is 0 Å². The predicted octanol–water partition coefficient (Wildman–Crippen LogP) is 5.29. The highest BCUT2D eigenvalue weighted by Gasteiger charge is 2.15. The first-order valence-electron chi connectivity index (χ1n) is 9.58. The van der Waals surface area contributed by atoms with E-state index in [0.29, 0.717) is 5.76 Å².